The molecule has 6 heteroatoms. The highest BCUT2D eigenvalue weighted by atomic mass is 16.5. The fourth-order valence-corrected chi connectivity index (χ4v) is 3.42. The number of esters is 2. The minimum atomic E-state index is -0.899. The van der Waals surface area contributed by atoms with Gasteiger partial charge in [0.2, 0.25) is 0 Å². The fraction of sp³-hybridized carbons (Fsp3) is 0.588. The van der Waals surface area contributed by atoms with Crippen molar-refractivity contribution < 1.29 is 19.1 Å². The van der Waals surface area contributed by atoms with E-state index in [4.69, 9.17) is 9.47 Å². The van der Waals surface area contributed by atoms with Crippen LogP contribution in [0.1, 0.15) is 38.4 Å². The van der Waals surface area contributed by atoms with E-state index in [0.717, 1.165) is 5.69 Å². The Bertz CT molecular complexity index is 561. The Morgan fingerprint density at radius 2 is 2.09 bits per heavy atom. The second-order valence-electron chi connectivity index (χ2n) is 6.38. The molecule has 126 valence electrons. The second kappa shape index (κ2) is 7.08. The molecule has 3 atom stereocenters. The lowest BCUT2D eigenvalue weighted by Crippen LogP contribution is -2.49. The molecule has 1 aliphatic heterocycles. The minimum absolute atomic E-state index is 0.266. The molecule has 0 aromatic carbocycles. The van der Waals surface area contributed by atoms with E-state index in [1.807, 2.05) is 32.0 Å². The van der Waals surface area contributed by atoms with Crippen LogP contribution >= 0.6 is 0 Å². The molecule has 1 aromatic rings. The number of carbonyl (C=O) groups excluding carboxylic acids is 2. The van der Waals surface area contributed by atoms with E-state index < -0.39 is 11.5 Å². The zero-order valence-corrected chi connectivity index (χ0v) is 14.0. The maximum absolute atomic E-state index is 12.4. The van der Waals surface area contributed by atoms with Gasteiger partial charge in [-0.25, -0.2) is 0 Å². The van der Waals surface area contributed by atoms with E-state index >= 15 is 0 Å². The van der Waals surface area contributed by atoms with Crippen molar-refractivity contribution in [1.29, 1.82) is 0 Å². The number of ether oxygens (including phenoxy) is 2. The molecule has 1 aliphatic rings. The third-order valence-electron chi connectivity index (χ3n) is 4.25. The van der Waals surface area contributed by atoms with Gasteiger partial charge in [0.05, 0.1) is 31.9 Å². The zero-order chi connectivity index (χ0) is 17.0. The van der Waals surface area contributed by atoms with Gasteiger partial charge in [-0.05, 0) is 30.9 Å². The second-order valence-corrected chi connectivity index (χ2v) is 6.38. The Labute approximate surface area is 136 Å². The first-order valence-corrected chi connectivity index (χ1v) is 7.78. The first kappa shape index (κ1) is 17.4. The van der Waals surface area contributed by atoms with Crippen LogP contribution in [0.15, 0.2) is 24.4 Å². The molecule has 0 aliphatic carbocycles. The molecule has 23 heavy (non-hydrogen) atoms. The molecule has 1 saturated heterocycles. The summed E-state index contributed by atoms with van der Waals surface area (Å²) >= 11 is 0. The fourth-order valence-electron chi connectivity index (χ4n) is 3.42. The van der Waals surface area contributed by atoms with E-state index in [-0.39, 0.29) is 23.9 Å². The largest absolute Gasteiger partial charge is 0.469 e. The van der Waals surface area contributed by atoms with Crippen molar-refractivity contribution in [1.82, 2.24) is 10.3 Å². The molecule has 1 fully saturated rings. The Hall–Kier alpha value is -1.95. The van der Waals surface area contributed by atoms with Gasteiger partial charge in [-0.15, -0.1) is 0 Å². The van der Waals surface area contributed by atoms with Crippen LogP contribution < -0.4 is 5.32 Å². The van der Waals surface area contributed by atoms with Crippen LogP contribution in [0.3, 0.4) is 0 Å². The van der Waals surface area contributed by atoms with Gasteiger partial charge in [0, 0.05) is 6.20 Å². The van der Waals surface area contributed by atoms with Gasteiger partial charge < -0.3 is 9.47 Å². The number of aromatic nitrogens is 1. The lowest BCUT2D eigenvalue weighted by molar-refractivity contribution is -0.149. The van der Waals surface area contributed by atoms with Gasteiger partial charge in [0.1, 0.15) is 5.54 Å². The van der Waals surface area contributed by atoms with Gasteiger partial charge in [0.25, 0.3) is 0 Å². The van der Waals surface area contributed by atoms with E-state index in [0.29, 0.717) is 12.8 Å². The van der Waals surface area contributed by atoms with E-state index in [9.17, 15) is 9.59 Å². The number of pyridine rings is 1. The van der Waals surface area contributed by atoms with Crippen LogP contribution in [-0.4, -0.2) is 36.7 Å². The number of carbonyl (C=O) groups is 2. The number of methoxy groups -OCH3 is 2. The predicted molar refractivity (Wildman–Crippen MR) is 84.4 cm³/mol. The Morgan fingerprint density at radius 3 is 2.61 bits per heavy atom. The van der Waals surface area contributed by atoms with Crippen molar-refractivity contribution in [2.24, 2.45) is 11.8 Å². The van der Waals surface area contributed by atoms with E-state index in [1.165, 1.54) is 14.2 Å². The molecule has 2 rings (SSSR count). The van der Waals surface area contributed by atoms with Crippen LogP contribution in [0.4, 0.5) is 0 Å². The minimum Gasteiger partial charge on any atom is -0.469 e. The van der Waals surface area contributed by atoms with Gasteiger partial charge in [-0.1, -0.05) is 19.9 Å². The molecule has 0 radical (unpaired) electrons. The van der Waals surface area contributed by atoms with Crippen LogP contribution in [-0.2, 0) is 19.1 Å². The monoisotopic (exact) mass is 320 g/mol. The summed E-state index contributed by atoms with van der Waals surface area (Å²) in [6, 6.07) is 5.14. The van der Waals surface area contributed by atoms with Crippen LogP contribution in [0.25, 0.3) is 0 Å². The molecule has 0 bridgehead atoms. The highest BCUT2D eigenvalue weighted by Gasteiger charge is 2.54. The normalized spacial score (nSPS) is 27.0. The summed E-state index contributed by atoms with van der Waals surface area (Å²) in [5.74, 6) is -0.906. The maximum Gasteiger partial charge on any atom is 0.326 e. The molecule has 0 amide bonds. The predicted octanol–water partition coefficient (Wildman–Crippen LogP) is 1.86. The Morgan fingerprint density at radius 1 is 1.35 bits per heavy atom. The van der Waals surface area contributed by atoms with Crippen molar-refractivity contribution in [3.63, 3.8) is 0 Å². The summed E-state index contributed by atoms with van der Waals surface area (Å²) in [6.45, 7) is 4.07. The Balaban J connectivity index is 2.41. The lowest BCUT2D eigenvalue weighted by atomic mass is 9.84. The van der Waals surface area contributed by atoms with E-state index in [2.05, 4.69) is 10.3 Å². The topological polar surface area (TPSA) is 77.5 Å². The summed E-state index contributed by atoms with van der Waals surface area (Å²) in [6.07, 6.45) is 2.59. The lowest BCUT2D eigenvalue weighted by Gasteiger charge is -2.29. The van der Waals surface area contributed by atoms with Gasteiger partial charge >= 0.3 is 11.9 Å². The summed E-state index contributed by atoms with van der Waals surface area (Å²) in [4.78, 5) is 29.0. The molecule has 1 N–H and O–H groups in total. The van der Waals surface area contributed by atoms with Crippen molar-refractivity contribution in [3.8, 4) is 0 Å². The molecule has 0 unspecified atom stereocenters. The number of hydrogen-bond acceptors (Lipinski definition) is 6. The van der Waals surface area contributed by atoms with Crippen LogP contribution in [0.5, 0.6) is 0 Å². The van der Waals surface area contributed by atoms with Crippen molar-refractivity contribution >= 4 is 11.9 Å². The zero-order valence-electron chi connectivity index (χ0n) is 14.0. The summed E-state index contributed by atoms with van der Waals surface area (Å²) < 4.78 is 9.95. The number of nitrogens with zero attached hydrogens (tertiary/aromatic N) is 1. The summed E-state index contributed by atoms with van der Waals surface area (Å²) in [7, 11) is 2.73. The van der Waals surface area contributed by atoms with Crippen molar-refractivity contribution in [3.05, 3.63) is 30.1 Å². The molecule has 1 aromatic heterocycles. The molecule has 2 heterocycles. The first-order valence-electron chi connectivity index (χ1n) is 7.78. The molecule has 6 nitrogen and oxygen atoms in total. The molecular weight excluding hydrogens is 296 g/mol. The van der Waals surface area contributed by atoms with Crippen molar-refractivity contribution in [2.45, 2.75) is 38.3 Å². The summed E-state index contributed by atoms with van der Waals surface area (Å²) in [5.41, 5.74) is -0.179. The number of nitrogens with one attached hydrogen (secondary N) is 1. The standard InChI is InChI=1S/C17H24N2O4/c1-11(2)9-17(16(21)23-4)10-12(15(20)22-3)14(19-17)13-7-5-6-8-18-13/h5-8,11-12,14,19H,9-10H2,1-4H3/t12-,14+,17-/m1/s1. The SMILES string of the molecule is COC(=O)[C@@H]1C[C@](CC(C)C)(C(=O)OC)N[C@@H]1c1ccccn1. The highest BCUT2D eigenvalue weighted by molar-refractivity contribution is 5.84. The average Bonchev–Trinajstić information content (AvgIpc) is 2.94. The Kier molecular flexibility index (Phi) is 5.36. The average molecular weight is 320 g/mol. The van der Waals surface area contributed by atoms with Gasteiger partial charge in [-0.2, -0.15) is 0 Å². The van der Waals surface area contributed by atoms with E-state index in [1.54, 1.807) is 6.20 Å². The smallest absolute Gasteiger partial charge is 0.326 e. The highest BCUT2D eigenvalue weighted by Crippen LogP contribution is 2.41. The number of hydrogen-bond donors (Lipinski definition) is 1. The van der Waals surface area contributed by atoms with Gasteiger partial charge in [-0.3, -0.25) is 19.9 Å². The van der Waals surface area contributed by atoms with Crippen LogP contribution in [0, 0.1) is 11.8 Å². The molecule has 0 saturated carbocycles. The molecular formula is C17H24N2O4. The third-order valence-corrected chi connectivity index (χ3v) is 4.25. The third kappa shape index (κ3) is 3.52. The maximum atomic E-state index is 12.4. The molecule has 0 spiro atoms. The van der Waals surface area contributed by atoms with Crippen LogP contribution in [0.2, 0.25) is 0 Å². The first-order chi connectivity index (χ1) is 10.9. The van der Waals surface area contributed by atoms with Gasteiger partial charge in [0.15, 0.2) is 0 Å². The number of rotatable bonds is 5. The summed E-state index contributed by atoms with van der Waals surface area (Å²) in [5, 5.41) is 3.33. The van der Waals surface area contributed by atoms with Crippen molar-refractivity contribution in [2.75, 3.05) is 14.2 Å². The quantitative estimate of drug-likeness (QED) is 0.835.